The summed E-state index contributed by atoms with van der Waals surface area (Å²) in [7, 11) is -9.01. The number of hydrogen-bond acceptors (Lipinski definition) is 6. The Morgan fingerprint density at radius 1 is 1.00 bits per heavy atom. The maximum absolute atomic E-state index is 13.5. The number of rotatable bonds is 13. The molecule has 226 valence electrons. The Morgan fingerprint density at radius 2 is 1.71 bits per heavy atom. The van der Waals surface area contributed by atoms with Crippen LogP contribution >= 0.6 is 0 Å². The van der Waals surface area contributed by atoms with Crippen LogP contribution in [0.1, 0.15) is 43.2 Å². The molecule has 2 aromatic carbocycles. The summed E-state index contributed by atoms with van der Waals surface area (Å²) in [5.41, 5.74) is 2.01. The molecule has 4 rings (SSSR count). The lowest BCUT2D eigenvalue weighted by molar-refractivity contribution is -0.123. The van der Waals surface area contributed by atoms with Gasteiger partial charge in [-0.3, -0.25) is 4.79 Å². The Labute approximate surface area is 246 Å². The number of anilines is 1. The molecule has 1 saturated heterocycles. The molecule has 1 N–H and O–H groups in total. The molecule has 12 heteroatoms. The molecular weight excluding hydrogens is 579 g/mol. The Hall–Kier alpha value is -2.41. The summed E-state index contributed by atoms with van der Waals surface area (Å²) in [6.07, 6.45) is 5.70. The smallest absolute Gasteiger partial charge is 0.329 e. The van der Waals surface area contributed by atoms with E-state index in [0.29, 0.717) is 23.9 Å². The lowest BCUT2D eigenvalue weighted by atomic mass is 9.91. The van der Waals surface area contributed by atoms with Gasteiger partial charge < -0.3 is 4.74 Å². The first-order valence-corrected chi connectivity index (χ1v) is 21.2. The van der Waals surface area contributed by atoms with E-state index < -0.39 is 34.2 Å². The number of hydrogen-bond donors (Lipinski definition) is 1. The molecule has 2 aromatic rings. The maximum Gasteiger partial charge on any atom is 0.329 e. The molecule has 41 heavy (non-hydrogen) atoms. The van der Waals surface area contributed by atoms with Crippen LogP contribution in [0.3, 0.4) is 0 Å². The summed E-state index contributed by atoms with van der Waals surface area (Å²) >= 11 is 0. The highest BCUT2D eigenvalue weighted by Gasteiger charge is 2.44. The molecule has 1 aliphatic heterocycles. The van der Waals surface area contributed by atoms with Crippen LogP contribution in [0.5, 0.6) is 5.75 Å². The standard InChI is InChI=1S/C29H43N3O6S2Si/c1-41(2,3)19-18-31-29(33)21-32(40(31,36)37)27-15-14-24(20-28(27)38-22-25-10-6-4-7-11-25)16-17-30-39(34,35)23-26-12-8-5-9-13-26/h4,6-7,10-11,14-15,20,26,30H,5,8-9,12-13,16-19,21-23H2,1-3H3. The summed E-state index contributed by atoms with van der Waals surface area (Å²) in [5, 5.41) is 0. The highest BCUT2D eigenvalue weighted by atomic mass is 32.2. The van der Waals surface area contributed by atoms with E-state index in [0.717, 1.165) is 45.4 Å². The molecule has 1 saturated carbocycles. The van der Waals surface area contributed by atoms with Crippen molar-refractivity contribution >= 4 is 39.9 Å². The zero-order valence-electron chi connectivity index (χ0n) is 24.3. The molecule has 1 heterocycles. The zero-order valence-corrected chi connectivity index (χ0v) is 27.0. The van der Waals surface area contributed by atoms with E-state index >= 15 is 0 Å². The second-order valence-corrected chi connectivity index (χ2v) is 21.5. The predicted molar refractivity (Wildman–Crippen MR) is 165 cm³/mol. The van der Waals surface area contributed by atoms with Crippen LogP contribution in [0.15, 0.2) is 48.5 Å². The molecule has 0 atom stereocenters. The molecule has 0 unspecified atom stereocenters. The van der Waals surface area contributed by atoms with Gasteiger partial charge in [-0.2, -0.15) is 8.42 Å². The first-order valence-electron chi connectivity index (χ1n) is 14.4. The van der Waals surface area contributed by atoms with Gasteiger partial charge in [0.2, 0.25) is 10.0 Å². The van der Waals surface area contributed by atoms with Gasteiger partial charge in [-0.1, -0.05) is 75.3 Å². The highest BCUT2D eigenvalue weighted by molar-refractivity contribution is 7.91. The van der Waals surface area contributed by atoms with Gasteiger partial charge in [0.25, 0.3) is 5.91 Å². The predicted octanol–water partition coefficient (Wildman–Crippen LogP) is 4.54. The normalized spacial score (nSPS) is 18.2. The SMILES string of the molecule is C[Si](C)(C)CCN1C(=O)CN(c2ccc(CCNS(=O)(=O)CC3CCCCC3)cc2OCc2ccccc2)S1(=O)=O. The number of carbonyl (C=O) groups excluding carboxylic acids is 1. The molecule has 0 bridgehead atoms. The minimum atomic E-state index is -4.05. The molecule has 9 nitrogen and oxygen atoms in total. The van der Waals surface area contributed by atoms with Crippen molar-refractivity contribution < 1.29 is 26.4 Å². The van der Waals surface area contributed by atoms with Crippen molar-refractivity contribution in [2.24, 2.45) is 5.92 Å². The van der Waals surface area contributed by atoms with E-state index in [1.807, 2.05) is 30.3 Å². The number of sulfonamides is 1. The van der Waals surface area contributed by atoms with E-state index in [2.05, 4.69) is 24.4 Å². The Morgan fingerprint density at radius 3 is 2.39 bits per heavy atom. The summed E-state index contributed by atoms with van der Waals surface area (Å²) in [6, 6.07) is 15.4. The zero-order chi connectivity index (χ0) is 29.7. The monoisotopic (exact) mass is 621 g/mol. The van der Waals surface area contributed by atoms with E-state index in [1.165, 1.54) is 6.42 Å². The van der Waals surface area contributed by atoms with Crippen LogP contribution < -0.4 is 13.8 Å². The van der Waals surface area contributed by atoms with E-state index in [9.17, 15) is 21.6 Å². The first kappa shape index (κ1) is 31.5. The Kier molecular flexibility index (Phi) is 10.2. The van der Waals surface area contributed by atoms with Crippen molar-refractivity contribution in [2.75, 3.05) is 29.7 Å². The maximum atomic E-state index is 13.5. The van der Waals surface area contributed by atoms with Crippen molar-refractivity contribution in [3.8, 4) is 5.75 Å². The number of nitrogens with zero attached hydrogens (tertiary/aromatic N) is 2. The molecular formula is C29H43N3O6S2Si. The van der Waals surface area contributed by atoms with Crippen molar-refractivity contribution in [1.82, 2.24) is 9.03 Å². The van der Waals surface area contributed by atoms with E-state index in [4.69, 9.17) is 4.74 Å². The van der Waals surface area contributed by atoms with Crippen LogP contribution in [-0.4, -0.2) is 60.5 Å². The number of benzene rings is 2. The number of amides is 1. The minimum Gasteiger partial charge on any atom is -0.487 e. The fourth-order valence-electron chi connectivity index (χ4n) is 5.26. The van der Waals surface area contributed by atoms with Gasteiger partial charge in [-0.15, -0.1) is 0 Å². The summed E-state index contributed by atoms with van der Waals surface area (Å²) in [4.78, 5) is 12.8. The van der Waals surface area contributed by atoms with Gasteiger partial charge in [0.15, 0.2) is 0 Å². The summed E-state index contributed by atoms with van der Waals surface area (Å²) < 4.78 is 63.3. The average Bonchev–Trinajstić information content (AvgIpc) is 3.14. The highest BCUT2D eigenvalue weighted by Crippen LogP contribution is 2.36. The Bertz CT molecular complexity index is 1410. The summed E-state index contributed by atoms with van der Waals surface area (Å²) in [6.45, 7) is 6.76. The number of carbonyl (C=O) groups is 1. The van der Waals surface area contributed by atoms with Crippen LogP contribution in [0.4, 0.5) is 5.69 Å². The molecule has 2 aliphatic rings. The van der Waals surface area contributed by atoms with E-state index in [1.54, 1.807) is 18.2 Å². The first-order chi connectivity index (χ1) is 19.3. The van der Waals surface area contributed by atoms with Crippen LogP contribution in [0, 0.1) is 5.92 Å². The van der Waals surface area contributed by atoms with Gasteiger partial charge >= 0.3 is 10.2 Å². The average molecular weight is 622 g/mol. The van der Waals surface area contributed by atoms with Crippen LogP contribution in [-0.2, 0) is 38.1 Å². The third-order valence-corrected chi connectivity index (χ3v) is 12.7. The van der Waals surface area contributed by atoms with Crippen molar-refractivity contribution in [2.45, 2.75) is 70.8 Å². The number of ether oxygens (including phenoxy) is 1. The van der Waals surface area contributed by atoms with Crippen molar-refractivity contribution in [3.05, 3.63) is 59.7 Å². The minimum absolute atomic E-state index is 0.159. The van der Waals surface area contributed by atoms with Gasteiger partial charge in [0.05, 0.1) is 11.4 Å². The Balaban J connectivity index is 1.50. The largest absolute Gasteiger partial charge is 0.487 e. The fraction of sp³-hybridized carbons (Fsp3) is 0.552. The summed E-state index contributed by atoms with van der Waals surface area (Å²) in [5.74, 6) is 0.259. The number of nitrogens with one attached hydrogen (secondary N) is 1. The lowest BCUT2D eigenvalue weighted by Crippen LogP contribution is -2.37. The third-order valence-electron chi connectivity index (χ3n) is 7.62. The van der Waals surface area contributed by atoms with E-state index in [-0.39, 0.29) is 37.9 Å². The van der Waals surface area contributed by atoms with Crippen molar-refractivity contribution in [3.63, 3.8) is 0 Å². The van der Waals surface area contributed by atoms with Crippen LogP contribution in [0.2, 0.25) is 25.7 Å². The fourth-order valence-corrected chi connectivity index (χ4v) is 9.35. The van der Waals surface area contributed by atoms with Crippen LogP contribution in [0.25, 0.3) is 0 Å². The topological polar surface area (TPSA) is 113 Å². The molecule has 2 fully saturated rings. The second-order valence-electron chi connectivity index (χ2n) is 12.3. The quantitative estimate of drug-likeness (QED) is 0.329. The van der Waals surface area contributed by atoms with Gasteiger partial charge in [0, 0.05) is 21.2 Å². The van der Waals surface area contributed by atoms with Gasteiger partial charge in [0.1, 0.15) is 18.9 Å². The molecule has 0 aromatic heterocycles. The molecule has 0 radical (unpaired) electrons. The second kappa shape index (κ2) is 13.3. The molecule has 0 spiro atoms. The van der Waals surface area contributed by atoms with Gasteiger partial charge in [-0.25, -0.2) is 21.8 Å². The lowest BCUT2D eigenvalue weighted by Gasteiger charge is -2.24. The molecule has 1 amide bonds. The van der Waals surface area contributed by atoms with Crippen molar-refractivity contribution in [1.29, 1.82) is 0 Å². The van der Waals surface area contributed by atoms with Gasteiger partial charge in [-0.05, 0) is 54.5 Å². The third kappa shape index (κ3) is 8.79. The molecule has 1 aliphatic carbocycles.